The molecule has 1 aromatic carbocycles. The van der Waals surface area contributed by atoms with Crippen molar-refractivity contribution in [3.63, 3.8) is 0 Å². The average Bonchev–Trinajstić information content (AvgIpc) is 2.04. The van der Waals surface area contributed by atoms with Crippen molar-refractivity contribution in [1.29, 1.82) is 0 Å². The Hall–Kier alpha value is -0.280. The number of hydrogen-bond donors (Lipinski definition) is 1. The summed E-state index contributed by atoms with van der Waals surface area (Å²) in [7, 11) is 1.52. The largest absolute Gasteiger partial charge is 0.386 e. The minimum absolute atomic E-state index is 0.224. The van der Waals surface area contributed by atoms with Gasteiger partial charge in [0, 0.05) is 22.7 Å². The van der Waals surface area contributed by atoms with Crippen molar-refractivity contribution >= 4 is 23.2 Å². The van der Waals surface area contributed by atoms with Crippen LogP contribution in [0.5, 0.6) is 0 Å². The van der Waals surface area contributed by atoms with Crippen molar-refractivity contribution in [2.45, 2.75) is 6.10 Å². The first-order valence-corrected chi connectivity index (χ1v) is 4.52. The van der Waals surface area contributed by atoms with Gasteiger partial charge in [-0.2, -0.15) is 0 Å². The molecule has 0 radical (unpaired) electrons. The SMILES string of the molecule is COCC(O)c1ccc(Cl)cc1Cl. The van der Waals surface area contributed by atoms with Gasteiger partial charge in [-0.15, -0.1) is 0 Å². The van der Waals surface area contributed by atoms with Gasteiger partial charge in [0.05, 0.1) is 6.61 Å². The molecule has 1 rings (SSSR count). The van der Waals surface area contributed by atoms with Gasteiger partial charge >= 0.3 is 0 Å². The predicted molar refractivity (Wildman–Crippen MR) is 53.3 cm³/mol. The van der Waals surface area contributed by atoms with Gasteiger partial charge in [-0.05, 0) is 12.1 Å². The van der Waals surface area contributed by atoms with E-state index in [4.69, 9.17) is 27.9 Å². The zero-order valence-electron chi connectivity index (χ0n) is 7.13. The van der Waals surface area contributed by atoms with Crippen LogP contribution in [0.4, 0.5) is 0 Å². The van der Waals surface area contributed by atoms with E-state index < -0.39 is 6.10 Å². The first-order valence-electron chi connectivity index (χ1n) is 3.77. The number of rotatable bonds is 3. The topological polar surface area (TPSA) is 29.5 Å². The third-order valence-electron chi connectivity index (χ3n) is 1.65. The summed E-state index contributed by atoms with van der Waals surface area (Å²) in [5.41, 5.74) is 0.632. The predicted octanol–water partition coefficient (Wildman–Crippen LogP) is 2.67. The van der Waals surface area contributed by atoms with Gasteiger partial charge in [0.2, 0.25) is 0 Å². The molecule has 0 aliphatic carbocycles. The Balaban J connectivity index is 2.88. The molecule has 0 saturated heterocycles. The van der Waals surface area contributed by atoms with Crippen LogP contribution in [0.25, 0.3) is 0 Å². The second-order valence-electron chi connectivity index (χ2n) is 2.64. The number of aliphatic hydroxyl groups is 1. The van der Waals surface area contributed by atoms with E-state index in [-0.39, 0.29) is 6.61 Å². The Bertz CT molecular complexity index is 289. The normalized spacial score (nSPS) is 12.9. The van der Waals surface area contributed by atoms with Gasteiger partial charge in [0.25, 0.3) is 0 Å². The van der Waals surface area contributed by atoms with E-state index >= 15 is 0 Å². The molecule has 0 amide bonds. The van der Waals surface area contributed by atoms with Crippen molar-refractivity contribution in [2.24, 2.45) is 0 Å². The molecule has 1 aromatic rings. The maximum atomic E-state index is 9.54. The Labute approximate surface area is 87.0 Å². The summed E-state index contributed by atoms with van der Waals surface area (Å²) in [5.74, 6) is 0. The number of methoxy groups -OCH3 is 1. The van der Waals surface area contributed by atoms with Gasteiger partial charge in [-0.3, -0.25) is 0 Å². The van der Waals surface area contributed by atoms with Crippen LogP contribution < -0.4 is 0 Å². The van der Waals surface area contributed by atoms with Crippen LogP contribution in [-0.4, -0.2) is 18.8 Å². The van der Waals surface area contributed by atoms with E-state index in [2.05, 4.69) is 0 Å². The van der Waals surface area contributed by atoms with E-state index in [0.717, 1.165) is 0 Å². The second kappa shape index (κ2) is 4.82. The first-order chi connectivity index (χ1) is 6.15. The Morgan fingerprint density at radius 1 is 1.46 bits per heavy atom. The second-order valence-corrected chi connectivity index (χ2v) is 3.48. The standard InChI is InChI=1S/C9H10Cl2O2/c1-13-5-9(12)7-3-2-6(10)4-8(7)11/h2-4,9,12H,5H2,1H3. The number of hydrogen-bond acceptors (Lipinski definition) is 2. The highest BCUT2D eigenvalue weighted by atomic mass is 35.5. The maximum absolute atomic E-state index is 9.54. The lowest BCUT2D eigenvalue weighted by molar-refractivity contribution is 0.0644. The van der Waals surface area contributed by atoms with Crippen LogP contribution >= 0.6 is 23.2 Å². The quantitative estimate of drug-likeness (QED) is 0.850. The van der Waals surface area contributed by atoms with Gasteiger partial charge in [0.1, 0.15) is 6.10 Å². The summed E-state index contributed by atoms with van der Waals surface area (Å²) in [6.07, 6.45) is -0.699. The molecule has 1 atom stereocenters. The number of ether oxygens (including phenoxy) is 1. The number of benzene rings is 1. The van der Waals surface area contributed by atoms with Crippen LogP contribution in [0.3, 0.4) is 0 Å². The van der Waals surface area contributed by atoms with Gasteiger partial charge in [0.15, 0.2) is 0 Å². The Morgan fingerprint density at radius 2 is 2.15 bits per heavy atom. The molecule has 0 spiro atoms. The summed E-state index contributed by atoms with van der Waals surface area (Å²) < 4.78 is 4.80. The molecule has 1 N–H and O–H groups in total. The molecule has 4 heteroatoms. The van der Waals surface area contributed by atoms with Crippen LogP contribution in [-0.2, 0) is 4.74 Å². The fraction of sp³-hybridized carbons (Fsp3) is 0.333. The number of aliphatic hydroxyl groups excluding tert-OH is 1. The third kappa shape index (κ3) is 2.85. The van der Waals surface area contributed by atoms with Crippen molar-refractivity contribution in [1.82, 2.24) is 0 Å². The first kappa shape index (κ1) is 10.8. The van der Waals surface area contributed by atoms with Crippen LogP contribution in [0.1, 0.15) is 11.7 Å². The summed E-state index contributed by atoms with van der Waals surface area (Å²) >= 11 is 11.6. The fourth-order valence-electron chi connectivity index (χ4n) is 1.02. The Kier molecular flexibility index (Phi) is 4.00. The fourth-order valence-corrected chi connectivity index (χ4v) is 1.55. The molecule has 0 aliphatic rings. The average molecular weight is 221 g/mol. The zero-order chi connectivity index (χ0) is 9.84. The minimum atomic E-state index is -0.699. The number of halogens is 2. The van der Waals surface area contributed by atoms with E-state index in [9.17, 15) is 5.11 Å². The molecular formula is C9H10Cl2O2. The van der Waals surface area contributed by atoms with Crippen molar-refractivity contribution in [2.75, 3.05) is 13.7 Å². The summed E-state index contributed by atoms with van der Waals surface area (Å²) in [6, 6.07) is 4.97. The molecule has 1 unspecified atom stereocenters. The smallest absolute Gasteiger partial charge is 0.104 e. The highest BCUT2D eigenvalue weighted by Gasteiger charge is 2.10. The lowest BCUT2D eigenvalue weighted by atomic mass is 10.1. The molecule has 13 heavy (non-hydrogen) atoms. The summed E-state index contributed by atoms with van der Waals surface area (Å²) in [5, 5.41) is 10.5. The molecule has 2 nitrogen and oxygen atoms in total. The van der Waals surface area contributed by atoms with Crippen molar-refractivity contribution in [3.05, 3.63) is 33.8 Å². The summed E-state index contributed by atoms with van der Waals surface area (Å²) in [6.45, 7) is 0.224. The molecule has 0 bridgehead atoms. The maximum Gasteiger partial charge on any atom is 0.104 e. The molecule has 0 aliphatic heterocycles. The van der Waals surface area contributed by atoms with Crippen molar-refractivity contribution < 1.29 is 9.84 Å². The molecule has 0 aromatic heterocycles. The van der Waals surface area contributed by atoms with Gasteiger partial charge in [-0.1, -0.05) is 29.3 Å². The molecular weight excluding hydrogens is 211 g/mol. The van der Waals surface area contributed by atoms with E-state index in [1.54, 1.807) is 18.2 Å². The van der Waals surface area contributed by atoms with E-state index in [1.807, 2.05) is 0 Å². The minimum Gasteiger partial charge on any atom is -0.386 e. The van der Waals surface area contributed by atoms with E-state index in [1.165, 1.54) is 7.11 Å². The molecule has 0 fully saturated rings. The van der Waals surface area contributed by atoms with Crippen LogP contribution in [0.2, 0.25) is 10.0 Å². The van der Waals surface area contributed by atoms with Crippen LogP contribution in [0.15, 0.2) is 18.2 Å². The Morgan fingerprint density at radius 3 is 2.69 bits per heavy atom. The molecule has 72 valence electrons. The zero-order valence-corrected chi connectivity index (χ0v) is 8.64. The summed E-state index contributed by atoms with van der Waals surface area (Å²) in [4.78, 5) is 0. The molecule has 0 saturated carbocycles. The third-order valence-corrected chi connectivity index (χ3v) is 2.21. The monoisotopic (exact) mass is 220 g/mol. The lowest BCUT2D eigenvalue weighted by Crippen LogP contribution is -2.05. The lowest BCUT2D eigenvalue weighted by Gasteiger charge is -2.11. The highest BCUT2D eigenvalue weighted by Crippen LogP contribution is 2.26. The van der Waals surface area contributed by atoms with Crippen molar-refractivity contribution in [3.8, 4) is 0 Å². The van der Waals surface area contributed by atoms with E-state index in [0.29, 0.717) is 15.6 Å². The highest BCUT2D eigenvalue weighted by molar-refractivity contribution is 6.35. The molecule has 0 heterocycles. The van der Waals surface area contributed by atoms with Gasteiger partial charge < -0.3 is 9.84 Å². The van der Waals surface area contributed by atoms with Crippen LogP contribution in [0, 0.1) is 0 Å². The van der Waals surface area contributed by atoms with Gasteiger partial charge in [-0.25, -0.2) is 0 Å².